The number of hydrogen-bond donors (Lipinski definition) is 1. The van der Waals surface area contributed by atoms with Gasteiger partial charge in [-0.3, -0.25) is 9.59 Å². The molecule has 0 aromatic carbocycles. The second-order valence-electron chi connectivity index (χ2n) is 15.1. The largest absolute Gasteiger partial charge is 0.462 e. The molecule has 0 aliphatic rings. The number of aliphatic hydroxyl groups is 1. The van der Waals surface area contributed by atoms with Crippen LogP contribution in [0.15, 0.2) is 122 Å². The van der Waals surface area contributed by atoms with E-state index >= 15 is 0 Å². The van der Waals surface area contributed by atoms with Crippen LogP contribution in [0.1, 0.15) is 187 Å². The van der Waals surface area contributed by atoms with Gasteiger partial charge in [0.2, 0.25) is 0 Å². The van der Waals surface area contributed by atoms with Crippen LogP contribution in [0.2, 0.25) is 0 Å². The third kappa shape index (κ3) is 46.9. The van der Waals surface area contributed by atoms with Crippen molar-refractivity contribution in [3.63, 3.8) is 0 Å². The molecule has 0 aromatic heterocycles. The molecule has 0 heterocycles. The van der Waals surface area contributed by atoms with Crippen molar-refractivity contribution in [1.29, 1.82) is 0 Å². The average molecular weight is 815 g/mol. The molecule has 1 N–H and O–H groups in total. The summed E-state index contributed by atoms with van der Waals surface area (Å²) in [5.41, 5.74) is 0. The molecule has 0 saturated heterocycles. The van der Waals surface area contributed by atoms with E-state index in [1.165, 1.54) is 64.2 Å². The third-order valence-electron chi connectivity index (χ3n) is 9.49. The minimum atomic E-state index is -0.814. The van der Waals surface area contributed by atoms with E-state index < -0.39 is 6.10 Å². The van der Waals surface area contributed by atoms with Crippen LogP contribution in [0.4, 0.5) is 0 Å². The number of carbonyl (C=O) groups excluding carboxylic acids is 2. The van der Waals surface area contributed by atoms with Crippen molar-refractivity contribution >= 4 is 11.9 Å². The first-order chi connectivity index (χ1) is 29.1. The highest BCUT2D eigenvalue weighted by Crippen LogP contribution is 2.11. The Labute approximate surface area is 363 Å². The van der Waals surface area contributed by atoms with Gasteiger partial charge in [-0.1, -0.05) is 193 Å². The van der Waals surface area contributed by atoms with E-state index in [4.69, 9.17) is 9.47 Å². The molecule has 0 bridgehead atoms. The third-order valence-corrected chi connectivity index (χ3v) is 9.49. The Hall–Kier alpha value is -3.70. The molecule has 0 radical (unpaired) electrons. The molecule has 5 nitrogen and oxygen atoms in total. The zero-order valence-corrected chi connectivity index (χ0v) is 37.7. The lowest BCUT2D eigenvalue weighted by Crippen LogP contribution is -2.28. The SMILES string of the molecule is CC/C=C\C/C=C\C/C=C\C/C=C\C/C=C\C/C=C\C/C=C\C/C=C\C/C=C\CCCC(=O)OC(CO)COC(=O)CCCCCCC/C=C\CCCCCCCCC. The maximum absolute atomic E-state index is 12.2. The number of hydrogen-bond acceptors (Lipinski definition) is 5. The van der Waals surface area contributed by atoms with Crippen LogP contribution in [0.25, 0.3) is 0 Å². The number of esters is 2. The second kappa shape index (κ2) is 48.7. The molecule has 0 rings (SSSR count). The molecular formula is C54H86O5. The van der Waals surface area contributed by atoms with Gasteiger partial charge in [0.25, 0.3) is 0 Å². The highest BCUT2D eigenvalue weighted by Gasteiger charge is 2.16. The Morgan fingerprint density at radius 2 is 0.746 bits per heavy atom. The van der Waals surface area contributed by atoms with Crippen molar-refractivity contribution in [2.75, 3.05) is 13.2 Å². The van der Waals surface area contributed by atoms with Crippen molar-refractivity contribution < 1.29 is 24.2 Å². The van der Waals surface area contributed by atoms with Crippen molar-refractivity contribution in [1.82, 2.24) is 0 Å². The maximum atomic E-state index is 12.2. The summed E-state index contributed by atoms with van der Waals surface area (Å²) in [7, 11) is 0. The van der Waals surface area contributed by atoms with Crippen LogP contribution in [-0.4, -0.2) is 36.4 Å². The summed E-state index contributed by atoms with van der Waals surface area (Å²) in [5.74, 6) is -0.680. The number of carbonyl (C=O) groups is 2. The Morgan fingerprint density at radius 3 is 1.17 bits per heavy atom. The fourth-order valence-corrected chi connectivity index (χ4v) is 5.96. The van der Waals surface area contributed by atoms with Gasteiger partial charge in [-0.15, -0.1) is 0 Å². The Bertz CT molecular complexity index is 1240. The summed E-state index contributed by atoms with van der Waals surface area (Å²) in [4.78, 5) is 24.3. The van der Waals surface area contributed by atoms with Gasteiger partial charge in [-0.2, -0.15) is 0 Å². The van der Waals surface area contributed by atoms with E-state index in [0.717, 1.165) is 89.9 Å². The van der Waals surface area contributed by atoms with Crippen molar-refractivity contribution in [3.8, 4) is 0 Å². The smallest absolute Gasteiger partial charge is 0.306 e. The van der Waals surface area contributed by atoms with E-state index in [-0.39, 0.29) is 31.6 Å². The summed E-state index contributed by atoms with van der Waals surface area (Å²) < 4.78 is 10.6. The quantitative estimate of drug-likeness (QED) is 0.0378. The first kappa shape index (κ1) is 55.3. The van der Waals surface area contributed by atoms with Crippen LogP contribution in [0, 0.1) is 0 Å². The molecule has 332 valence electrons. The molecular weight excluding hydrogens is 729 g/mol. The van der Waals surface area contributed by atoms with Gasteiger partial charge in [0.1, 0.15) is 6.61 Å². The van der Waals surface area contributed by atoms with Crippen LogP contribution in [0.3, 0.4) is 0 Å². The van der Waals surface area contributed by atoms with Crippen molar-refractivity contribution in [3.05, 3.63) is 122 Å². The van der Waals surface area contributed by atoms with Crippen LogP contribution >= 0.6 is 0 Å². The Kier molecular flexibility index (Phi) is 45.6. The molecule has 59 heavy (non-hydrogen) atoms. The summed E-state index contributed by atoms with van der Waals surface area (Å²) in [6.07, 6.45) is 71.4. The lowest BCUT2D eigenvalue weighted by Gasteiger charge is -2.15. The highest BCUT2D eigenvalue weighted by atomic mass is 16.6. The lowest BCUT2D eigenvalue weighted by atomic mass is 10.1. The van der Waals surface area contributed by atoms with Gasteiger partial charge in [-0.25, -0.2) is 0 Å². The lowest BCUT2D eigenvalue weighted by molar-refractivity contribution is -0.161. The maximum Gasteiger partial charge on any atom is 0.306 e. The van der Waals surface area contributed by atoms with Gasteiger partial charge in [0, 0.05) is 12.8 Å². The first-order valence-electron chi connectivity index (χ1n) is 23.6. The van der Waals surface area contributed by atoms with Gasteiger partial charge >= 0.3 is 11.9 Å². The van der Waals surface area contributed by atoms with Crippen LogP contribution < -0.4 is 0 Å². The topological polar surface area (TPSA) is 72.8 Å². The minimum Gasteiger partial charge on any atom is -0.462 e. The number of rotatable bonds is 41. The zero-order chi connectivity index (χ0) is 42.8. The predicted octanol–water partition coefficient (Wildman–Crippen LogP) is 15.6. The molecule has 0 spiro atoms. The fourth-order valence-electron chi connectivity index (χ4n) is 5.96. The monoisotopic (exact) mass is 815 g/mol. The molecule has 0 aliphatic heterocycles. The van der Waals surface area contributed by atoms with E-state index in [9.17, 15) is 14.7 Å². The highest BCUT2D eigenvalue weighted by molar-refractivity contribution is 5.70. The van der Waals surface area contributed by atoms with Crippen molar-refractivity contribution in [2.24, 2.45) is 0 Å². The van der Waals surface area contributed by atoms with E-state index in [1.807, 2.05) is 0 Å². The Balaban J connectivity index is 3.73. The molecule has 0 saturated carbocycles. The normalized spacial score (nSPS) is 13.3. The summed E-state index contributed by atoms with van der Waals surface area (Å²) in [6, 6.07) is 0. The Morgan fingerprint density at radius 1 is 0.407 bits per heavy atom. The van der Waals surface area contributed by atoms with Gasteiger partial charge in [0.15, 0.2) is 6.10 Å². The fraction of sp³-hybridized carbons (Fsp3) is 0.593. The molecule has 5 heteroatoms. The summed E-state index contributed by atoms with van der Waals surface area (Å²) in [5, 5.41) is 9.59. The molecule has 1 atom stereocenters. The second-order valence-corrected chi connectivity index (χ2v) is 15.1. The van der Waals surface area contributed by atoms with Gasteiger partial charge in [0.05, 0.1) is 6.61 Å². The van der Waals surface area contributed by atoms with E-state index in [2.05, 4.69) is 135 Å². The zero-order valence-electron chi connectivity index (χ0n) is 37.7. The van der Waals surface area contributed by atoms with Gasteiger partial charge < -0.3 is 14.6 Å². The summed E-state index contributed by atoms with van der Waals surface area (Å²) in [6.45, 7) is 3.95. The molecule has 0 aliphatic carbocycles. The number of ether oxygens (including phenoxy) is 2. The summed E-state index contributed by atoms with van der Waals surface area (Å²) >= 11 is 0. The average Bonchev–Trinajstić information content (AvgIpc) is 3.24. The van der Waals surface area contributed by atoms with Crippen LogP contribution in [-0.2, 0) is 19.1 Å². The molecule has 0 amide bonds. The van der Waals surface area contributed by atoms with Gasteiger partial charge in [-0.05, 0) is 103 Å². The number of unbranched alkanes of at least 4 members (excludes halogenated alkanes) is 13. The standard InChI is InChI=1S/C54H86O5/c1-3-5-7-9-11-13-15-17-19-21-22-23-24-25-26-27-28-29-30-31-32-33-35-37-39-41-43-45-47-49-54(57)59-52(50-55)51-58-53(56)48-46-44-42-40-38-36-34-20-18-16-14-12-10-8-6-4-2/h5,7,11,13,17,19-20,22-23,25-26,28-29,31-32,34-35,37,41,43,52,55H,3-4,6,8-10,12,14-16,18,21,24,27,30,33,36,38-40,42,44-51H2,1-2H3/b7-5-,13-11-,19-17-,23-22-,26-25-,29-28-,32-31-,34-20-,37-35-,43-41-. The van der Waals surface area contributed by atoms with Crippen molar-refractivity contribution in [2.45, 2.75) is 193 Å². The van der Waals surface area contributed by atoms with E-state index in [1.54, 1.807) is 0 Å². The number of allylic oxidation sites excluding steroid dienone is 20. The first-order valence-corrected chi connectivity index (χ1v) is 23.6. The molecule has 0 fully saturated rings. The predicted molar refractivity (Wildman–Crippen MR) is 255 cm³/mol. The van der Waals surface area contributed by atoms with E-state index in [0.29, 0.717) is 12.8 Å². The molecule has 1 unspecified atom stereocenters. The van der Waals surface area contributed by atoms with Crippen LogP contribution in [0.5, 0.6) is 0 Å². The number of aliphatic hydroxyl groups excluding tert-OH is 1. The molecule has 0 aromatic rings. The minimum absolute atomic E-state index is 0.101.